The number of hydrogen-bond acceptors (Lipinski definition) is 16. The fourth-order valence-electron chi connectivity index (χ4n) is 8.43. The molecule has 24 heteroatoms. The van der Waals surface area contributed by atoms with Crippen LogP contribution in [-0.2, 0) is 54.6 Å². The molecule has 1 unspecified atom stereocenters. The lowest BCUT2D eigenvalue weighted by atomic mass is 9.94. The van der Waals surface area contributed by atoms with E-state index in [0.717, 1.165) is 16.5 Å². The van der Waals surface area contributed by atoms with E-state index in [1.54, 1.807) is 30.3 Å². The van der Waals surface area contributed by atoms with Crippen molar-refractivity contribution >= 4 is 68.6 Å². The largest absolute Gasteiger partial charge is 0.483 e. The van der Waals surface area contributed by atoms with Crippen molar-refractivity contribution in [2.75, 3.05) is 88.3 Å². The molecule has 0 radical (unpaired) electrons. The standard InChI is InChI=1S/C52H53FN8O14S/c53-41-28-36(8-10-37(41)33-26-40(48(54)57-29-33)31-7-9-38-32(25-31)13-15-56-49(38)65)76(69,70)60-35-4-1-3-34(27-35)58-45(63)14-17-71-19-21-73-23-24-74-22-20-72-18-16-55-46(64)30-75-43-6-2-5-39-47(43)52(68)61(51(39)67)42-11-12-44(62)59-50(42)66/h1-10,25-29,42,60H,11-24,30H2,(H2,54,57)(H,55,64)(H,56,65)(H,58,63)(H,59,62,66). The number of sulfonamides is 1. The molecule has 22 nitrogen and oxygen atoms in total. The van der Waals surface area contributed by atoms with Gasteiger partial charge >= 0.3 is 0 Å². The molecular weight excluding hydrogens is 1010 g/mol. The van der Waals surface area contributed by atoms with E-state index in [1.165, 1.54) is 48.7 Å². The van der Waals surface area contributed by atoms with Crippen molar-refractivity contribution in [3.8, 4) is 28.0 Å². The summed E-state index contributed by atoms with van der Waals surface area (Å²) in [5.74, 6) is -4.27. The van der Waals surface area contributed by atoms with E-state index in [9.17, 15) is 42.0 Å². The van der Waals surface area contributed by atoms with Gasteiger partial charge in [-0.3, -0.25) is 48.5 Å². The molecule has 398 valence electrons. The Bertz CT molecular complexity index is 3180. The molecule has 4 aromatic carbocycles. The summed E-state index contributed by atoms with van der Waals surface area (Å²) >= 11 is 0. The lowest BCUT2D eigenvalue weighted by Crippen LogP contribution is -2.54. The smallest absolute Gasteiger partial charge is 0.266 e. The lowest BCUT2D eigenvalue weighted by Gasteiger charge is -2.27. The third-order valence-corrected chi connectivity index (χ3v) is 13.5. The van der Waals surface area contributed by atoms with Gasteiger partial charge in [-0.05, 0) is 78.6 Å². The maximum absolute atomic E-state index is 15.6. The number of rotatable bonds is 25. The summed E-state index contributed by atoms with van der Waals surface area (Å²) in [5, 5.41) is 10.3. The molecule has 7 amide bonds. The van der Waals surface area contributed by atoms with Crippen molar-refractivity contribution in [3.05, 3.63) is 119 Å². The molecule has 1 saturated heterocycles. The molecule has 3 aliphatic rings. The third-order valence-electron chi connectivity index (χ3n) is 12.2. The highest BCUT2D eigenvalue weighted by Crippen LogP contribution is 2.35. The second-order valence-corrected chi connectivity index (χ2v) is 19.1. The number of pyridine rings is 1. The molecule has 1 atom stereocenters. The number of aromatic nitrogens is 1. The van der Waals surface area contributed by atoms with Crippen LogP contribution >= 0.6 is 0 Å². The first-order valence-electron chi connectivity index (χ1n) is 24.1. The Morgan fingerprint density at radius 3 is 2.20 bits per heavy atom. The number of carbonyl (C=O) groups is 7. The van der Waals surface area contributed by atoms with Crippen molar-refractivity contribution in [2.24, 2.45) is 0 Å². The first-order valence-corrected chi connectivity index (χ1v) is 25.6. The van der Waals surface area contributed by atoms with Gasteiger partial charge in [-0.25, -0.2) is 17.8 Å². The number of halogens is 1. The van der Waals surface area contributed by atoms with E-state index < -0.39 is 58.0 Å². The monoisotopic (exact) mass is 1060 g/mol. The van der Waals surface area contributed by atoms with E-state index >= 15 is 4.39 Å². The Labute approximate surface area is 435 Å². The highest BCUT2D eigenvalue weighted by molar-refractivity contribution is 7.92. The highest BCUT2D eigenvalue weighted by atomic mass is 32.2. The minimum Gasteiger partial charge on any atom is -0.483 e. The number of hydrogen-bond donors (Lipinski definition) is 6. The number of ether oxygens (including phenoxy) is 5. The van der Waals surface area contributed by atoms with Crippen molar-refractivity contribution < 1.29 is 70.1 Å². The number of nitrogens with one attached hydrogen (secondary N) is 5. The zero-order valence-corrected chi connectivity index (χ0v) is 41.6. The van der Waals surface area contributed by atoms with Crippen LogP contribution in [0.3, 0.4) is 0 Å². The van der Waals surface area contributed by atoms with Crippen LogP contribution in [0.15, 0.2) is 96.0 Å². The number of amides is 7. The molecule has 76 heavy (non-hydrogen) atoms. The van der Waals surface area contributed by atoms with Gasteiger partial charge in [-0.15, -0.1) is 0 Å². The second kappa shape index (κ2) is 24.9. The van der Waals surface area contributed by atoms with E-state index in [4.69, 9.17) is 29.4 Å². The van der Waals surface area contributed by atoms with Crippen LogP contribution in [-0.4, -0.2) is 138 Å². The van der Waals surface area contributed by atoms with Gasteiger partial charge in [0.05, 0.1) is 81.0 Å². The highest BCUT2D eigenvalue weighted by Gasteiger charge is 2.46. The summed E-state index contributed by atoms with van der Waals surface area (Å²) in [4.78, 5) is 92.1. The summed E-state index contributed by atoms with van der Waals surface area (Å²) in [6.07, 6.45) is 2.05. The molecule has 1 aromatic heterocycles. The zero-order chi connectivity index (χ0) is 53.8. The molecule has 0 aliphatic carbocycles. The number of nitrogens with two attached hydrogens (primary N) is 1. The Hall–Kier alpha value is -8.16. The van der Waals surface area contributed by atoms with E-state index in [-0.39, 0.29) is 129 Å². The van der Waals surface area contributed by atoms with Gasteiger partial charge in [0.1, 0.15) is 23.4 Å². The van der Waals surface area contributed by atoms with Crippen LogP contribution in [0.2, 0.25) is 0 Å². The predicted molar refractivity (Wildman–Crippen MR) is 271 cm³/mol. The molecule has 5 aromatic rings. The summed E-state index contributed by atoms with van der Waals surface area (Å²) < 4.78 is 72.3. The van der Waals surface area contributed by atoms with Gasteiger partial charge in [0.25, 0.3) is 33.7 Å². The zero-order valence-electron chi connectivity index (χ0n) is 40.8. The number of piperidine rings is 1. The Balaban J connectivity index is 0.659. The average molecular weight is 1070 g/mol. The molecule has 1 fully saturated rings. The summed E-state index contributed by atoms with van der Waals surface area (Å²) in [5.41, 5.74) is 9.77. The van der Waals surface area contributed by atoms with Crippen LogP contribution < -0.4 is 36.5 Å². The Morgan fingerprint density at radius 2 is 1.45 bits per heavy atom. The lowest BCUT2D eigenvalue weighted by molar-refractivity contribution is -0.136. The van der Waals surface area contributed by atoms with Crippen LogP contribution in [0.5, 0.6) is 5.75 Å². The summed E-state index contributed by atoms with van der Waals surface area (Å²) in [6.45, 7) is 2.05. The summed E-state index contributed by atoms with van der Waals surface area (Å²) in [6, 6.07) is 19.8. The maximum Gasteiger partial charge on any atom is 0.266 e. The number of imide groups is 2. The molecular formula is C52H53FN8O14S. The fraction of sp³-hybridized carbons (Fsp3) is 0.308. The van der Waals surface area contributed by atoms with Gasteiger partial charge in [0, 0.05) is 53.6 Å². The van der Waals surface area contributed by atoms with Crippen molar-refractivity contribution in [1.82, 2.24) is 25.8 Å². The van der Waals surface area contributed by atoms with Gasteiger partial charge < -0.3 is 45.4 Å². The van der Waals surface area contributed by atoms with Crippen LogP contribution in [0, 0.1) is 5.82 Å². The first-order chi connectivity index (χ1) is 36.7. The average Bonchev–Trinajstić information content (AvgIpc) is 3.67. The fourth-order valence-corrected chi connectivity index (χ4v) is 9.49. The number of anilines is 3. The molecule has 7 N–H and O–H groups in total. The molecule has 3 aliphatic heterocycles. The topological polar surface area (TPSA) is 302 Å². The Kier molecular flexibility index (Phi) is 17.7. The molecule has 4 heterocycles. The number of nitrogens with zero attached hydrogens (tertiary/aromatic N) is 2. The van der Waals surface area contributed by atoms with Crippen LogP contribution in [0.4, 0.5) is 21.6 Å². The van der Waals surface area contributed by atoms with Gasteiger partial charge in [-0.1, -0.05) is 30.3 Å². The quantitative estimate of drug-likeness (QED) is 0.0361. The summed E-state index contributed by atoms with van der Waals surface area (Å²) in [7, 11) is -4.26. The number of nitrogen functional groups attached to an aromatic ring is 1. The van der Waals surface area contributed by atoms with Crippen molar-refractivity contribution in [1.29, 1.82) is 0 Å². The number of fused-ring (bicyclic) bond motifs is 2. The van der Waals surface area contributed by atoms with Gasteiger partial charge in [0.2, 0.25) is 17.7 Å². The molecule has 0 saturated carbocycles. The van der Waals surface area contributed by atoms with E-state index in [1.807, 2.05) is 6.07 Å². The van der Waals surface area contributed by atoms with Crippen molar-refractivity contribution in [3.63, 3.8) is 0 Å². The van der Waals surface area contributed by atoms with Crippen LogP contribution in [0.25, 0.3) is 22.3 Å². The maximum atomic E-state index is 15.6. The van der Waals surface area contributed by atoms with Crippen LogP contribution in [0.1, 0.15) is 55.9 Å². The molecule has 0 bridgehead atoms. The van der Waals surface area contributed by atoms with Crippen molar-refractivity contribution in [2.45, 2.75) is 36.6 Å². The minimum atomic E-state index is -4.26. The van der Waals surface area contributed by atoms with Gasteiger partial charge in [0.15, 0.2) is 6.61 Å². The second-order valence-electron chi connectivity index (χ2n) is 17.4. The predicted octanol–water partition coefficient (Wildman–Crippen LogP) is 3.22. The molecule has 0 spiro atoms. The normalized spacial score (nSPS) is 15.1. The SMILES string of the molecule is Nc1ncc(-c2ccc(S(=O)(=O)Nc3cccc(NC(=O)CCOCCOCCOCCOCCNC(=O)COc4cccc5c4C(=O)N(C4CCC(=O)NC4=O)C5=O)c3)cc2F)cc1-c1ccc2c(c1)CCNC2=O. The number of carbonyl (C=O) groups excluding carboxylic acids is 7. The molecule has 8 rings (SSSR count). The third kappa shape index (κ3) is 13.4. The minimum absolute atomic E-state index is 0.00842. The number of benzene rings is 4. The Morgan fingerprint density at radius 1 is 0.737 bits per heavy atom. The first kappa shape index (κ1) is 54.1. The van der Waals surface area contributed by atoms with E-state index in [2.05, 4.69) is 31.0 Å². The van der Waals surface area contributed by atoms with Gasteiger partial charge in [-0.2, -0.15) is 0 Å². The van der Waals surface area contributed by atoms with E-state index in [0.29, 0.717) is 40.9 Å².